The molecule has 0 radical (unpaired) electrons. The van der Waals surface area contributed by atoms with E-state index in [0.717, 1.165) is 54.2 Å². The van der Waals surface area contributed by atoms with Crippen LogP contribution in [0.3, 0.4) is 0 Å². The number of amides is 1. The molecule has 31 heavy (non-hydrogen) atoms. The molecule has 1 saturated heterocycles. The number of aryl methyl sites for hydroxylation is 2. The molecule has 8 heteroatoms. The summed E-state index contributed by atoms with van der Waals surface area (Å²) in [6.45, 7) is 8.41. The third-order valence-corrected chi connectivity index (χ3v) is 6.82. The number of morpholine rings is 1. The Kier molecular flexibility index (Phi) is 7.07. The van der Waals surface area contributed by atoms with Crippen molar-refractivity contribution < 1.29 is 14.3 Å². The maximum absolute atomic E-state index is 13.2. The second-order valence-electron chi connectivity index (χ2n) is 7.62. The van der Waals surface area contributed by atoms with Gasteiger partial charge in [-0.2, -0.15) is 0 Å². The number of benzene rings is 2. The van der Waals surface area contributed by atoms with Crippen molar-refractivity contribution in [2.75, 3.05) is 50.9 Å². The molecule has 164 valence electrons. The minimum atomic E-state index is -0.113. The van der Waals surface area contributed by atoms with Crippen LogP contribution in [0.2, 0.25) is 5.02 Å². The summed E-state index contributed by atoms with van der Waals surface area (Å²) in [5.74, 6) is 0.575. The van der Waals surface area contributed by atoms with E-state index in [0.29, 0.717) is 22.4 Å². The van der Waals surface area contributed by atoms with Crippen LogP contribution >= 0.6 is 22.9 Å². The number of hydrogen-bond donors (Lipinski definition) is 0. The quantitative estimate of drug-likeness (QED) is 0.527. The number of aromatic nitrogens is 1. The van der Waals surface area contributed by atoms with Gasteiger partial charge in [-0.15, -0.1) is 0 Å². The number of halogens is 1. The van der Waals surface area contributed by atoms with Crippen molar-refractivity contribution in [2.45, 2.75) is 13.8 Å². The Morgan fingerprint density at radius 2 is 2.06 bits per heavy atom. The predicted octanol–water partition coefficient (Wildman–Crippen LogP) is 4.31. The smallest absolute Gasteiger partial charge is 0.266 e. The van der Waals surface area contributed by atoms with Crippen molar-refractivity contribution in [1.29, 1.82) is 0 Å². The lowest BCUT2D eigenvalue weighted by Gasteiger charge is -2.29. The van der Waals surface area contributed by atoms with Gasteiger partial charge >= 0.3 is 0 Å². The molecule has 3 aromatic rings. The van der Waals surface area contributed by atoms with Crippen molar-refractivity contribution >= 4 is 44.2 Å². The summed E-state index contributed by atoms with van der Waals surface area (Å²) in [5.41, 5.74) is 2.86. The lowest BCUT2D eigenvalue weighted by molar-refractivity contribution is -0.120. The fourth-order valence-corrected chi connectivity index (χ4v) is 4.75. The largest absolute Gasteiger partial charge is 0.484 e. The average molecular weight is 460 g/mol. The van der Waals surface area contributed by atoms with Gasteiger partial charge in [-0.1, -0.05) is 35.1 Å². The third kappa shape index (κ3) is 5.36. The molecule has 0 spiro atoms. The van der Waals surface area contributed by atoms with Gasteiger partial charge in [-0.05, 0) is 49.2 Å². The summed E-state index contributed by atoms with van der Waals surface area (Å²) >= 11 is 7.78. The van der Waals surface area contributed by atoms with Crippen LogP contribution in [-0.2, 0) is 9.53 Å². The number of carbonyl (C=O) groups is 1. The molecule has 1 fully saturated rings. The Morgan fingerprint density at radius 3 is 2.84 bits per heavy atom. The summed E-state index contributed by atoms with van der Waals surface area (Å²) in [6, 6.07) is 11.5. The van der Waals surface area contributed by atoms with Gasteiger partial charge in [-0.3, -0.25) is 14.6 Å². The van der Waals surface area contributed by atoms with Gasteiger partial charge in [0, 0.05) is 31.2 Å². The molecule has 4 rings (SSSR count). The molecule has 0 unspecified atom stereocenters. The molecule has 0 bridgehead atoms. The molecule has 0 N–H and O–H groups in total. The topological polar surface area (TPSA) is 54.9 Å². The van der Waals surface area contributed by atoms with E-state index in [4.69, 9.17) is 26.1 Å². The number of fused-ring (bicyclic) bond motifs is 1. The Labute approximate surface area is 191 Å². The van der Waals surface area contributed by atoms with Crippen molar-refractivity contribution in [3.63, 3.8) is 0 Å². The van der Waals surface area contributed by atoms with Gasteiger partial charge in [0.15, 0.2) is 11.7 Å². The second-order valence-corrected chi connectivity index (χ2v) is 9.04. The third-order valence-electron chi connectivity index (χ3n) is 5.36. The van der Waals surface area contributed by atoms with Gasteiger partial charge in [0.2, 0.25) is 0 Å². The second kappa shape index (κ2) is 9.96. The Hall–Kier alpha value is -2.19. The monoisotopic (exact) mass is 459 g/mol. The van der Waals surface area contributed by atoms with E-state index in [1.54, 1.807) is 4.90 Å². The van der Waals surface area contributed by atoms with Gasteiger partial charge in [-0.25, -0.2) is 4.98 Å². The Bertz CT molecular complexity index is 1070. The number of carbonyl (C=O) groups excluding carboxylic acids is 1. The van der Waals surface area contributed by atoms with Gasteiger partial charge in [0.05, 0.1) is 23.4 Å². The van der Waals surface area contributed by atoms with Crippen LogP contribution in [0.5, 0.6) is 5.75 Å². The summed E-state index contributed by atoms with van der Waals surface area (Å²) < 4.78 is 12.2. The van der Waals surface area contributed by atoms with E-state index in [2.05, 4.69) is 4.90 Å². The fraction of sp³-hybridized carbons (Fsp3) is 0.391. The SMILES string of the molecule is Cc1cccc(OCC(=O)N(CCN2CCOCC2)c2nc3c(C)c(Cl)ccc3s2)c1. The Balaban J connectivity index is 1.54. The molecular weight excluding hydrogens is 434 g/mol. The molecule has 1 aliphatic heterocycles. The molecule has 1 aliphatic rings. The van der Waals surface area contributed by atoms with E-state index in [1.807, 2.05) is 50.2 Å². The first-order valence-corrected chi connectivity index (χ1v) is 11.6. The van der Waals surface area contributed by atoms with Crippen LogP contribution in [0.25, 0.3) is 10.2 Å². The van der Waals surface area contributed by atoms with Crippen LogP contribution in [0.1, 0.15) is 11.1 Å². The van der Waals surface area contributed by atoms with Gasteiger partial charge in [0.25, 0.3) is 5.91 Å². The molecule has 2 heterocycles. The summed E-state index contributed by atoms with van der Waals surface area (Å²) in [7, 11) is 0. The average Bonchev–Trinajstić information content (AvgIpc) is 3.20. The van der Waals surface area contributed by atoms with Crippen LogP contribution < -0.4 is 9.64 Å². The van der Waals surface area contributed by atoms with Gasteiger partial charge < -0.3 is 9.47 Å². The number of nitrogens with zero attached hydrogens (tertiary/aromatic N) is 3. The zero-order chi connectivity index (χ0) is 21.8. The molecule has 1 aromatic heterocycles. The summed E-state index contributed by atoms with van der Waals surface area (Å²) in [4.78, 5) is 22.0. The first-order chi connectivity index (χ1) is 15.0. The minimum Gasteiger partial charge on any atom is -0.484 e. The van der Waals surface area contributed by atoms with Crippen LogP contribution in [0, 0.1) is 13.8 Å². The van der Waals surface area contributed by atoms with Crippen molar-refractivity contribution in [3.8, 4) is 5.75 Å². The highest BCUT2D eigenvalue weighted by atomic mass is 35.5. The highest BCUT2D eigenvalue weighted by molar-refractivity contribution is 7.22. The van der Waals surface area contributed by atoms with E-state index in [-0.39, 0.29) is 12.5 Å². The molecule has 0 saturated carbocycles. The standard InChI is InChI=1S/C23H26ClN3O3S/c1-16-4-3-5-18(14-16)30-15-21(28)27(9-8-26-10-12-29-13-11-26)23-25-22-17(2)19(24)6-7-20(22)31-23/h3-7,14H,8-13,15H2,1-2H3. The molecule has 0 atom stereocenters. The first-order valence-electron chi connectivity index (χ1n) is 10.4. The first kappa shape index (κ1) is 22.0. The van der Waals surface area contributed by atoms with Crippen molar-refractivity contribution in [1.82, 2.24) is 9.88 Å². The number of hydrogen-bond acceptors (Lipinski definition) is 6. The number of ether oxygens (including phenoxy) is 2. The highest BCUT2D eigenvalue weighted by Crippen LogP contribution is 2.33. The van der Waals surface area contributed by atoms with Crippen molar-refractivity contribution in [3.05, 3.63) is 52.5 Å². The van der Waals surface area contributed by atoms with E-state index in [1.165, 1.54) is 11.3 Å². The van der Waals surface area contributed by atoms with Crippen LogP contribution in [-0.4, -0.2) is 61.8 Å². The van der Waals surface area contributed by atoms with E-state index < -0.39 is 0 Å². The Morgan fingerprint density at radius 1 is 1.26 bits per heavy atom. The predicted molar refractivity (Wildman–Crippen MR) is 126 cm³/mol. The molecular formula is C23H26ClN3O3S. The summed E-state index contributed by atoms with van der Waals surface area (Å²) in [6.07, 6.45) is 0. The molecule has 1 amide bonds. The number of rotatable bonds is 7. The van der Waals surface area contributed by atoms with Crippen LogP contribution in [0.4, 0.5) is 5.13 Å². The minimum absolute atomic E-state index is 0.0395. The summed E-state index contributed by atoms with van der Waals surface area (Å²) in [5, 5.41) is 1.35. The lowest BCUT2D eigenvalue weighted by atomic mass is 10.2. The highest BCUT2D eigenvalue weighted by Gasteiger charge is 2.23. The van der Waals surface area contributed by atoms with Gasteiger partial charge in [0.1, 0.15) is 5.75 Å². The zero-order valence-corrected chi connectivity index (χ0v) is 19.3. The van der Waals surface area contributed by atoms with E-state index in [9.17, 15) is 4.79 Å². The maximum Gasteiger partial charge on any atom is 0.266 e. The number of anilines is 1. The lowest BCUT2D eigenvalue weighted by Crippen LogP contribution is -2.44. The zero-order valence-electron chi connectivity index (χ0n) is 17.8. The molecule has 6 nitrogen and oxygen atoms in total. The van der Waals surface area contributed by atoms with Crippen LogP contribution in [0.15, 0.2) is 36.4 Å². The molecule has 0 aliphatic carbocycles. The molecule has 2 aromatic carbocycles. The fourth-order valence-electron chi connectivity index (χ4n) is 3.53. The van der Waals surface area contributed by atoms with E-state index >= 15 is 0 Å². The van der Waals surface area contributed by atoms with Crippen molar-refractivity contribution in [2.24, 2.45) is 0 Å². The normalized spacial score (nSPS) is 14.7. The maximum atomic E-state index is 13.2. The number of thiazole rings is 1.